The third kappa shape index (κ3) is 8.08. The van der Waals surface area contributed by atoms with E-state index in [1.165, 1.54) is 0 Å². The number of ether oxygens (including phenoxy) is 2. The Morgan fingerprint density at radius 3 is 2.45 bits per heavy atom. The van der Waals surface area contributed by atoms with Crippen LogP contribution in [0.1, 0.15) is 72.1 Å². The van der Waals surface area contributed by atoms with Crippen LogP contribution >= 0.6 is 0 Å². The summed E-state index contributed by atoms with van der Waals surface area (Å²) in [5.74, 6) is 1.13. The van der Waals surface area contributed by atoms with Gasteiger partial charge < -0.3 is 14.8 Å². The summed E-state index contributed by atoms with van der Waals surface area (Å²) < 4.78 is 52.0. The first-order valence-electron chi connectivity index (χ1n) is 16.9. The number of aromatic nitrogens is 1. The second kappa shape index (κ2) is 14.9. The van der Waals surface area contributed by atoms with Crippen LogP contribution in [0.3, 0.4) is 0 Å². The van der Waals surface area contributed by atoms with Crippen molar-refractivity contribution in [3.05, 3.63) is 42.6 Å². The summed E-state index contributed by atoms with van der Waals surface area (Å²) in [5.41, 5.74) is 0. The zero-order valence-electron chi connectivity index (χ0n) is 27.9. The molecule has 2 fully saturated rings. The molecule has 6 atom stereocenters. The summed E-state index contributed by atoms with van der Waals surface area (Å²) in [5, 5.41) is 4.55. The van der Waals surface area contributed by atoms with Crippen LogP contribution in [0, 0.1) is 17.8 Å². The van der Waals surface area contributed by atoms with Crippen molar-refractivity contribution >= 4 is 32.6 Å². The van der Waals surface area contributed by atoms with Crippen LogP contribution in [-0.2, 0) is 19.6 Å². The van der Waals surface area contributed by atoms with E-state index in [4.69, 9.17) is 9.47 Å². The van der Waals surface area contributed by atoms with Crippen molar-refractivity contribution in [3.63, 3.8) is 0 Å². The molecule has 47 heavy (non-hydrogen) atoms. The molecule has 1 saturated carbocycles. The number of carbonyl (C=O) groups excluding carboxylic acids is 2. The maximum atomic E-state index is 14.0. The summed E-state index contributed by atoms with van der Waals surface area (Å²) in [6, 6.07) is 6.00. The predicted molar refractivity (Wildman–Crippen MR) is 179 cm³/mol. The van der Waals surface area contributed by atoms with E-state index in [1.807, 2.05) is 30.3 Å². The quantitative estimate of drug-likeness (QED) is 0.397. The van der Waals surface area contributed by atoms with Crippen molar-refractivity contribution < 1.29 is 31.9 Å². The van der Waals surface area contributed by atoms with Crippen molar-refractivity contribution in [2.24, 2.45) is 17.8 Å². The molecule has 10 nitrogen and oxygen atoms in total. The molecule has 3 aliphatic rings. The van der Waals surface area contributed by atoms with E-state index in [0.29, 0.717) is 49.4 Å². The largest absolute Gasteiger partial charge is 0.494 e. The van der Waals surface area contributed by atoms with Gasteiger partial charge in [-0.25, -0.2) is 17.8 Å². The minimum absolute atomic E-state index is 0.164. The van der Waals surface area contributed by atoms with Gasteiger partial charge in [0.15, 0.2) is 0 Å². The molecule has 2 aromatic rings. The number of nitrogens with one attached hydrogen (secondary N) is 2. The van der Waals surface area contributed by atoms with Gasteiger partial charge in [0.1, 0.15) is 29.3 Å². The van der Waals surface area contributed by atoms with Gasteiger partial charge in [-0.1, -0.05) is 51.1 Å². The van der Waals surface area contributed by atoms with Gasteiger partial charge in [-0.05, 0) is 68.8 Å². The molecule has 1 saturated heterocycles. The van der Waals surface area contributed by atoms with Gasteiger partial charge in [-0.2, -0.15) is 0 Å². The first kappa shape index (κ1) is 35.1. The number of carbonyl (C=O) groups is 2. The smallest absolute Gasteiger partial charge is 0.256 e. The summed E-state index contributed by atoms with van der Waals surface area (Å²) in [7, 11) is -2.63. The van der Waals surface area contributed by atoms with Crippen LogP contribution in [0.5, 0.6) is 11.6 Å². The molecule has 1 aromatic heterocycles. The zero-order valence-corrected chi connectivity index (χ0v) is 28.7. The Morgan fingerprint density at radius 1 is 1.06 bits per heavy atom. The standard InChI is InChI=1S/C35H49FN4O6S/c1-23-11-7-5-6-8-14-29(32(41)39-47(43,44)35(22-36)15-16-35)38-33(42)30-18-26(21-40(30)20-25(3)24(2)17-23)46-34-28-13-10-9-12-27(28)31(45-4)19-37-34/h5-6,9-10,12-13,19,23-26,29-30H,7-8,11,14-18,20-22H2,1-4H3,(H,38,42)(H,39,41). The minimum Gasteiger partial charge on any atom is -0.494 e. The summed E-state index contributed by atoms with van der Waals surface area (Å²) >= 11 is 0. The fraction of sp³-hybridized carbons (Fsp3) is 0.629. The Morgan fingerprint density at radius 2 is 1.77 bits per heavy atom. The van der Waals surface area contributed by atoms with Crippen molar-refractivity contribution in [3.8, 4) is 11.6 Å². The van der Waals surface area contributed by atoms with Crippen LogP contribution in [0.2, 0.25) is 0 Å². The van der Waals surface area contributed by atoms with Crippen LogP contribution in [-0.4, -0.2) is 79.9 Å². The fourth-order valence-corrected chi connectivity index (χ4v) is 8.26. The second-order valence-electron chi connectivity index (χ2n) is 13.9. The Hall–Kier alpha value is -3.25. The summed E-state index contributed by atoms with van der Waals surface area (Å²) in [6.45, 7) is 6.83. The molecule has 0 spiro atoms. The highest BCUT2D eigenvalue weighted by Gasteiger charge is 2.56. The average Bonchev–Trinajstić information content (AvgIpc) is 3.77. The summed E-state index contributed by atoms with van der Waals surface area (Å²) in [4.78, 5) is 34.1. The number of methoxy groups -OCH3 is 1. The Balaban J connectivity index is 1.39. The van der Waals surface area contributed by atoms with Crippen LogP contribution in [0.15, 0.2) is 42.6 Å². The molecule has 1 aliphatic carbocycles. The Kier molecular flexibility index (Phi) is 11.1. The number of nitrogens with zero attached hydrogens (tertiary/aromatic N) is 2. The van der Waals surface area contributed by atoms with Crippen molar-refractivity contribution in [1.29, 1.82) is 0 Å². The molecule has 2 N–H and O–H groups in total. The number of benzene rings is 1. The summed E-state index contributed by atoms with van der Waals surface area (Å²) in [6.07, 6.45) is 9.76. The van der Waals surface area contributed by atoms with E-state index in [9.17, 15) is 22.4 Å². The molecule has 3 heterocycles. The number of sulfonamides is 1. The molecule has 0 radical (unpaired) electrons. The minimum atomic E-state index is -4.23. The number of alkyl halides is 1. The van der Waals surface area contributed by atoms with Gasteiger partial charge in [0.2, 0.25) is 21.8 Å². The van der Waals surface area contributed by atoms with E-state index in [0.717, 1.165) is 30.0 Å². The van der Waals surface area contributed by atoms with E-state index < -0.39 is 39.4 Å². The number of fused-ring (bicyclic) bond motifs is 2. The van der Waals surface area contributed by atoms with E-state index in [1.54, 1.807) is 13.3 Å². The highest BCUT2D eigenvalue weighted by molar-refractivity contribution is 7.91. The molecule has 2 aliphatic heterocycles. The van der Waals surface area contributed by atoms with Gasteiger partial charge in [0, 0.05) is 30.3 Å². The number of halogens is 1. The van der Waals surface area contributed by atoms with Gasteiger partial charge >= 0.3 is 0 Å². The molecular formula is C35H49FN4O6S. The predicted octanol–water partition coefficient (Wildman–Crippen LogP) is 4.93. The topological polar surface area (TPSA) is 127 Å². The van der Waals surface area contributed by atoms with E-state index in [-0.39, 0.29) is 37.2 Å². The molecule has 1 aromatic carbocycles. The molecule has 6 unspecified atom stereocenters. The monoisotopic (exact) mass is 672 g/mol. The van der Waals surface area contributed by atoms with Gasteiger partial charge in [0.05, 0.1) is 19.3 Å². The lowest BCUT2D eigenvalue weighted by Gasteiger charge is -2.31. The van der Waals surface area contributed by atoms with Crippen molar-refractivity contribution in [2.75, 3.05) is 26.9 Å². The fourth-order valence-electron chi connectivity index (χ4n) is 6.85. The van der Waals surface area contributed by atoms with Crippen molar-refractivity contribution in [2.45, 2.75) is 95.1 Å². The average molecular weight is 673 g/mol. The third-order valence-electron chi connectivity index (χ3n) is 10.3. The first-order valence-corrected chi connectivity index (χ1v) is 18.3. The second-order valence-corrected chi connectivity index (χ2v) is 16.0. The number of hydrogen-bond acceptors (Lipinski definition) is 8. The van der Waals surface area contributed by atoms with Gasteiger partial charge in [0.25, 0.3) is 5.91 Å². The number of amides is 2. The van der Waals surface area contributed by atoms with Crippen LogP contribution < -0.4 is 19.5 Å². The molecule has 12 heteroatoms. The molecule has 5 rings (SSSR count). The Labute approximate surface area is 277 Å². The lowest BCUT2D eigenvalue weighted by Crippen LogP contribution is -2.54. The number of allylic oxidation sites excluding steroid dienone is 2. The van der Waals surface area contributed by atoms with Crippen molar-refractivity contribution in [1.82, 2.24) is 19.9 Å². The van der Waals surface area contributed by atoms with Crippen LogP contribution in [0.25, 0.3) is 10.8 Å². The molecule has 0 bridgehead atoms. The van der Waals surface area contributed by atoms with Gasteiger partial charge in [-0.3, -0.25) is 19.2 Å². The Bertz CT molecular complexity index is 1560. The molecule has 258 valence electrons. The SMILES string of the molecule is COc1cnc(OC2CC3C(=O)NC(C(=O)NS(=O)(=O)C4(CF)CC4)CCC=CCCC(C)CC(C)C(C)CN3C2)c2ccccc12. The van der Waals surface area contributed by atoms with Gasteiger partial charge in [-0.15, -0.1) is 0 Å². The first-order chi connectivity index (χ1) is 22.5. The highest BCUT2D eigenvalue weighted by atomic mass is 32.2. The van der Waals surface area contributed by atoms with E-state index in [2.05, 4.69) is 46.8 Å². The zero-order chi connectivity index (χ0) is 33.8. The number of hydrogen-bond donors (Lipinski definition) is 2. The third-order valence-corrected chi connectivity index (χ3v) is 12.4. The lowest BCUT2D eigenvalue weighted by molar-refractivity contribution is -0.131. The van der Waals surface area contributed by atoms with E-state index >= 15 is 0 Å². The highest BCUT2D eigenvalue weighted by Crippen LogP contribution is 2.43. The lowest BCUT2D eigenvalue weighted by atomic mass is 9.85. The maximum Gasteiger partial charge on any atom is 0.256 e. The number of pyridine rings is 1. The molecular weight excluding hydrogens is 623 g/mol. The molecule has 2 amide bonds. The number of rotatable bonds is 7. The maximum absolute atomic E-state index is 14.0. The normalized spacial score (nSPS) is 29.1. The van der Waals surface area contributed by atoms with Crippen LogP contribution in [0.4, 0.5) is 4.39 Å².